The summed E-state index contributed by atoms with van der Waals surface area (Å²) >= 11 is 5.85. The van der Waals surface area contributed by atoms with Crippen molar-refractivity contribution >= 4 is 17.4 Å². The number of furan rings is 1. The second kappa shape index (κ2) is 4.34. The molecule has 0 amide bonds. The van der Waals surface area contributed by atoms with E-state index < -0.39 is 5.82 Å². The molecule has 0 radical (unpaired) electrons. The summed E-state index contributed by atoms with van der Waals surface area (Å²) in [5, 5.41) is 0.0900. The Hall–Kier alpha value is -1.61. The standard InChI is InChI=1S/C13H10ClFO2/c1-7-5-9(10(14)6-11(7)15)13(16)12-4-3-8(2)17-12/h3-6H,1-2H3. The van der Waals surface area contributed by atoms with E-state index in [0.29, 0.717) is 11.3 Å². The monoisotopic (exact) mass is 252 g/mol. The lowest BCUT2D eigenvalue weighted by atomic mass is 10.1. The highest BCUT2D eigenvalue weighted by molar-refractivity contribution is 6.34. The van der Waals surface area contributed by atoms with Gasteiger partial charge >= 0.3 is 0 Å². The molecule has 1 aromatic carbocycles. The van der Waals surface area contributed by atoms with Crippen molar-refractivity contribution in [2.75, 3.05) is 0 Å². The van der Waals surface area contributed by atoms with E-state index in [1.54, 1.807) is 26.0 Å². The van der Waals surface area contributed by atoms with Gasteiger partial charge in [0, 0.05) is 5.56 Å². The zero-order valence-corrected chi connectivity index (χ0v) is 10.1. The number of benzene rings is 1. The highest BCUT2D eigenvalue weighted by Crippen LogP contribution is 2.23. The summed E-state index contributed by atoms with van der Waals surface area (Å²) in [6.45, 7) is 3.32. The zero-order valence-electron chi connectivity index (χ0n) is 9.38. The molecule has 2 aromatic rings. The van der Waals surface area contributed by atoms with E-state index in [0.717, 1.165) is 6.07 Å². The average Bonchev–Trinajstić information content (AvgIpc) is 2.69. The van der Waals surface area contributed by atoms with Gasteiger partial charge in [0.15, 0.2) is 5.76 Å². The first-order chi connectivity index (χ1) is 7.99. The lowest BCUT2D eigenvalue weighted by molar-refractivity contribution is 0.101. The van der Waals surface area contributed by atoms with Crippen LogP contribution in [-0.4, -0.2) is 5.78 Å². The fourth-order valence-electron chi connectivity index (χ4n) is 1.52. The minimum Gasteiger partial charge on any atom is -0.458 e. The Kier molecular flexibility index (Phi) is 3.03. The van der Waals surface area contributed by atoms with Gasteiger partial charge in [-0.05, 0) is 43.7 Å². The van der Waals surface area contributed by atoms with Crippen molar-refractivity contribution in [1.82, 2.24) is 0 Å². The number of rotatable bonds is 2. The molecule has 0 atom stereocenters. The van der Waals surface area contributed by atoms with Gasteiger partial charge in [-0.2, -0.15) is 0 Å². The van der Waals surface area contributed by atoms with Gasteiger partial charge in [0.05, 0.1) is 5.02 Å². The quantitative estimate of drug-likeness (QED) is 0.759. The van der Waals surface area contributed by atoms with Crippen molar-refractivity contribution in [3.63, 3.8) is 0 Å². The van der Waals surface area contributed by atoms with Crippen LogP contribution < -0.4 is 0 Å². The third-order valence-electron chi connectivity index (χ3n) is 2.46. The van der Waals surface area contributed by atoms with Crippen LogP contribution in [0.1, 0.15) is 27.4 Å². The molecular weight excluding hydrogens is 243 g/mol. The van der Waals surface area contributed by atoms with E-state index >= 15 is 0 Å². The molecule has 0 aliphatic carbocycles. The fraction of sp³-hybridized carbons (Fsp3) is 0.154. The first-order valence-electron chi connectivity index (χ1n) is 5.06. The molecule has 4 heteroatoms. The molecule has 0 fully saturated rings. The van der Waals surface area contributed by atoms with Crippen molar-refractivity contribution < 1.29 is 13.6 Å². The molecule has 0 unspecified atom stereocenters. The van der Waals surface area contributed by atoms with Crippen LogP contribution in [0.2, 0.25) is 5.02 Å². The second-order valence-electron chi connectivity index (χ2n) is 3.82. The Morgan fingerprint density at radius 1 is 1.29 bits per heavy atom. The summed E-state index contributed by atoms with van der Waals surface area (Å²) in [6.07, 6.45) is 0. The minimum atomic E-state index is -0.429. The molecule has 0 saturated heterocycles. The van der Waals surface area contributed by atoms with Crippen molar-refractivity contribution in [3.05, 3.63) is 57.8 Å². The molecule has 1 aromatic heterocycles. The average molecular weight is 253 g/mol. The first kappa shape index (κ1) is 11.9. The SMILES string of the molecule is Cc1ccc(C(=O)c2cc(C)c(F)cc2Cl)o1. The van der Waals surface area contributed by atoms with Gasteiger partial charge in [-0.1, -0.05) is 11.6 Å². The maximum atomic E-state index is 13.2. The molecule has 0 aliphatic heterocycles. The molecule has 2 rings (SSSR count). The van der Waals surface area contributed by atoms with Crippen LogP contribution in [0.3, 0.4) is 0 Å². The van der Waals surface area contributed by atoms with Crippen molar-refractivity contribution in [2.24, 2.45) is 0 Å². The number of ketones is 1. The fourth-order valence-corrected chi connectivity index (χ4v) is 1.76. The highest BCUT2D eigenvalue weighted by Gasteiger charge is 2.17. The van der Waals surface area contributed by atoms with Gasteiger partial charge < -0.3 is 4.42 Å². The number of hydrogen-bond donors (Lipinski definition) is 0. The largest absolute Gasteiger partial charge is 0.458 e. The third-order valence-corrected chi connectivity index (χ3v) is 2.77. The second-order valence-corrected chi connectivity index (χ2v) is 4.23. The predicted octanol–water partition coefficient (Wildman–Crippen LogP) is 3.92. The summed E-state index contributed by atoms with van der Waals surface area (Å²) < 4.78 is 18.4. The van der Waals surface area contributed by atoms with Gasteiger partial charge in [0.1, 0.15) is 11.6 Å². The van der Waals surface area contributed by atoms with Gasteiger partial charge in [-0.15, -0.1) is 0 Å². The Bertz CT molecular complexity index is 587. The topological polar surface area (TPSA) is 30.2 Å². The summed E-state index contributed by atoms with van der Waals surface area (Å²) in [4.78, 5) is 12.0. The molecule has 1 heterocycles. The van der Waals surface area contributed by atoms with Crippen molar-refractivity contribution in [1.29, 1.82) is 0 Å². The molecular formula is C13H10ClFO2. The van der Waals surface area contributed by atoms with E-state index in [2.05, 4.69) is 0 Å². The van der Waals surface area contributed by atoms with Gasteiger partial charge in [-0.25, -0.2) is 4.39 Å². The van der Waals surface area contributed by atoms with Crippen molar-refractivity contribution in [3.8, 4) is 0 Å². The van der Waals surface area contributed by atoms with E-state index in [1.165, 1.54) is 6.07 Å². The first-order valence-corrected chi connectivity index (χ1v) is 5.43. The lowest BCUT2D eigenvalue weighted by Gasteiger charge is -2.04. The lowest BCUT2D eigenvalue weighted by Crippen LogP contribution is -2.02. The molecule has 0 saturated carbocycles. The van der Waals surface area contributed by atoms with E-state index in [4.69, 9.17) is 16.0 Å². The van der Waals surface area contributed by atoms with Crippen LogP contribution >= 0.6 is 11.6 Å². The number of carbonyl (C=O) groups excluding carboxylic acids is 1. The maximum Gasteiger partial charge on any atom is 0.229 e. The zero-order chi connectivity index (χ0) is 12.6. The Labute approximate surface area is 103 Å². The summed E-state index contributed by atoms with van der Waals surface area (Å²) in [5.74, 6) is 0.0760. The molecule has 2 nitrogen and oxygen atoms in total. The highest BCUT2D eigenvalue weighted by atomic mass is 35.5. The van der Waals surface area contributed by atoms with E-state index in [1.807, 2.05) is 0 Å². The summed E-state index contributed by atoms with van der Waals surface area (Å²) in [6, 6.07) is 5.84. The summed E-state index contributed by atoms with van der Waals surface area (Å²) in [7, 11) is 0. The van der Waals surface area contributed by atoms with Gasteiger partial charge in [0.2, 0.25) is 5.78 Å². The minimum absolute atomic E-state index is 0.0900. The molecule has 88 valence electrons. The normalized spacial score (nSPS) is 10.6. The Morgan fingerprint density at radius 3 is 2.59 bits per heavy atom. The maximum absolute atomic E-state index is 13.2. The van der Waals surface area contributed by atoms with E-state index in [-0.39, 0.29) is 22.1 Å². The predicted molar refractivity (Wildman–Crippen MR) is 63.0 cm³/mol. The summed E-state index contributed by atoms with van der Waals surface area (Å²) in [5.41, 5.74) is 0.626. The molecule has 0 aliphatic rings. The van der Waals surface area contributed by atoms with Crippen LogP contribution in [0.4, 0.5) is 4.39 Å². The molecule has 17 heavy (non-hydrogen) atoms. The number of aryl methyl sites for hydroxylation is 2. The molecule has 0 bridgehead atoms. The third kappa shape index (κ3) is 2.24. The Morgan fingerprint density at radius 2 is 2.00 bits per heavy atom. The number of halogens is 2. The molecule has 0 N–H and O–H groups in total. The van der Waals surface area contributed by atoms with Crippen molar-refractivity contribution in [2.45, 2.75) is 13.8 Å². The van der Waals surface area contributed by atoms with Crippen LogP contribution in [0.25, 0.3) is 0 Å². The van der Waals surface area contributed by atoms with Crippen LogP contribution in [0.15, 0.2) is 28.7 Å². The van der Waals surface area contributed by atoms with Crippen LogP contribution in [-0.2, 0) is 0 Å². The van der Waals surface area contributed by atoms with E-state index in [9.17, 15) is 9.18 Å². The van der Waals surface area contributed by atoms with Gasteiger partial charge in [0.25, 0.3) is 0 Å². The smallest absolute Gasteiger partial charge is 0.229 e. The number of hydrogen-bond acceptors (Lipinski definition) is 2. The van der Waals surface area contributed by atoms with Crippen LogP contribution in [0, 0.1) is 19.7 Å². The van der Waals surface area contributed by atoms with Gasteiger partial charge in [-0.3, -0.25) is 4.79 Å². The number of carbonyl (C=O) groups is 1. The van der Waals surface area contributed by atoms with Crippen LogP contribution in [0.5, 0.6) is 0 Å². The molecule has 0 spiro atoms. The Balaban J connectivity index is 2.47.